The van der Waals surface area contributed by atoms with Crippen LogP contribution in [-0.4, -0.2) is 22.1 Å². The van der Waals surface area contributed by atoms with E-state index in [0.717, 1.165) is 0 Å². The van der Waals surface area contributed by atoms with E-state index in [-0.39, 0.29) is 11.5 Å². The summed E-state index contributed by atoms with van der Waals surface area (Å²) in [5, 5.41) is 27.1. The van der Waals surface area contributed by atoms with Crippen molar-refractivity contribution in [2.24, 2.45) is 10.2 Å². The summed E-state index contributed by atoms with van der Waals surface area (Å²) in [4.78, 5) is 0. The van der Waals surface area contributed by atoms with Crippen molar-refractivity contribution < 1.29 is 10.2 Å². The third kappa shape index (κ3) is 3.19. The number of aromatic hydroxyl groups is 2. The second-order valence-corrected chi connectivity index (χ2v) is 4.01. The van der Waals surface area contributed by atoms with Gasteiger partial charge in [-0.3, -0.25) is 0 Å². The molecule has 0 aliphatic rings. The van der Waals surface area contributed by atoms with E-state index in [1.807, 2.05) is 6.07 Å². The molecular formula is C15H14N2O2. The van der Waals surface area contributed by atoms with Crippen molar-refractivity contribution in [3.8, 4) is 11.5 Å². The normalized spacial score (nSPS) is 11.9. The molecule has 0 bridgehead atoms. The largest absolute Gasteiger partial charge is 0.507 e. The first kappa shape index (κ1) is 12.8. The van der Waals surface area contributed by atoms with Crippen LogP contribution in [0.4, 0.5) is 0 Å². The van der Waals surface area contributed by atoms with Crippen molar-refractivity contribution >= 4 is 11.9 Å². The van der Waals surface area contributed by atoms with Crippen molar-refractivity contribution in [1.82, 2.24) is 0 Å². The van der Waals surface area contributed by atoms with Crippen LogP contribution in [0.3, 0.4) is 0 Å². The molecule has 0 spiro atoms. The number of phenolic OH excluding ortho intramolecular Hbond substituents is 2. The summed E-state index contributed by atoms with van der Waals surface area (Å²) in [6.07, 6.45) is 1.47. The molecule has 0 atom stereocenters. The molecular weight excluding hydrogens is 240 g/mol. The van der Waals surface area contributed by atoms with Crippen LogP contribution in [0.25, 0.3) is 0 Å². The first-order valence-electron chi connectivity index (χ1n) is 5.82. The van der Waals surface area contributed by atoms with Crippen LogP contribution in [0.5, 0.6) is 11.5 Å². The van der Waals surface area contributed by atoms with Crippen LogP contribution in [0.2, 0.25) is 0 Å². The average molecular weight is 254 g/mol. The maximum atomic E-state index is 9.67. The van der Waals surface area contributed by atoms with E-state index in [0.29, 0.717) is 16.8 Å². The van der Waals surface area contributed by atoms with E-state index in [1.165, 1.54) is 6.21 Å². The Hall–Kier alpha value is -2.62. The average Bonchev–Trinajstić information content (AvgIpc) is 2.41. The predicted molar refractivity (Wildman–Crippen MR) is 76.0 cm³/mol. The molecule has 0 aromatic heterocycles. The summed E-state index contributed by atoms with van der Waals surface area (Å²) in [6.45, 7) is 1.76. The molecule has 0 unspecified atom stereocenters. The summed E-state index contributed by atoms with van der Waals surface area (Å²) in [5.74, 6) is 0.322. The monoisotopic (exact) mass is 254 g/mol. The van der Waals surface area contributed by atoms with Crippen LogP contribution >= 0.6 is 0 Å². The fourth-order valence-electron chi connectivity index (χ4n) is 1.61. The van der Waals surface area contributed by atoms with Gasteiger partial charge in [0, 0.05) is 11.1 Å². The Bertz CT molecular complexity index is 634. The quantitative estimate of drug-likeness (QED) is 0.653. The van der Waals surface area contributed by atoms with Crippen molar-refractivity contribution in [1.29, 1.82) is 0 Å². The minimum atomic E-state index is 0.154. The minimum Gasteiger partial charge on any atom is -0.507 e. The standard InChI is InChI=1S/C15H14N2O2/c1-11(13-7-3-5-9-15(13)19)17-16-10-12-6-2-4-8-14(12)18/h2-10,18-19H,1H3. The molecule has 0 heterocycles. The predicted octanol–water partition coefficient (Wildman–Crippen LogP) is 2.94. The molecule has 19 heavy (non-hydrogen) atoms. The lowest BCUT2D eigenvalue weighted by atomic mass is 10.1. The lowest BCUT2D eigenvalue weighted by molar-refractivity contribution is 0.473. The molecule has 2 aromatic carbocycles. The van der Waals surface area contributed by atoms with Gasteiger partial charge in [0.25, 0.3) is 0 Å². The highest BCUT2D eigenvalue weighted by atomic mass is 16.3. The molecule has 0 aliphatic heterocycles. The Balaban J connectivity index is 2.19. The molecule has 0 amide bonds. The highest BCUT2D eigenvalue weighted by Crippen LogP contribution is 2.17. The van der Waals surface area contributed by atoms with E-state index in [1.54, 1.807) is 49.4 Å². The van der Waals surface area contributed by atoms with Crippen LogP contribution in [0, 0.1) is 0 Å². The van der Waals surface area contributed by atoms with Crippen molar-refractivity contribution in [3.63, 3.8) is 0 Å². The van der Waals surface area contributed by atoms with Gasteiger partial charge in [-0.2, -0.15) is 10.2 Å². The van der Waals surface area contributed by atoms with E-state index >= 15 is 0 Å². The molecule has 2 N–H and O–H groups in total. The Morgan fingerprint density at radius 2 is 1.58 bits per heavy atom. The molecule has 96 valence electrons. The van der Waals surface area contributed by atoms with Crippen molar-refractivity contribution in [2.45, 2.75) is 6.92 Å². The maximum Gasteiger partial charge on any atom is 0.124 e. The fraction of sp³-hybridized carbons (Fsp3) is 0.0667. The zero-order valence-corrected chi connectivity index (χ0v) is 10.5. The van der Waals surface area contributed by atoms with Gasteiger partial charge >= 0.3 is 0 Å². The molecule has 4 heteroatoms. The van der Waals surface area contributed by atoms with Gasteiger partial charge in [-0.05, 0) is 31.2 Å². The first-order chi connectivity index (χ1) is 9.18. The smallest absolute Gasteiger partial charge is 0.124 e. The molecule has 0 radical (unpaired) electrons. The van der Waals surface area contributed by atoms with Crippen LogP contribution in [0.1, 0.15) is 18.1 Å². The van der Waals surface area contributed by atoms with E-state index in [4.69, 9.17) is 0 Å². The molecule has 0 saturated carbocycles. The molecule has 0 aliphatic carbocycles. The lowest BCUT2D eigenvalue weighted by Crippen LogP contribution is -1.94. The second kappa shape index (κ2) is 5.82. The number of nitrogens with zero attached hydrogens (tertiary/aromatic N) is 2. The van der Waals surface area contributed by atoms with Crippen molar-refractivity contribution in [3.05, 3.63) is 59.7 Å². The summed E-state index contributed by atoms with van der Waals surface area (Å²) < 4.78 is 0. The highest BCUT2D eigenvalue weighted by Gasteiger charge is 2.02. The first-order valence-corrected chi connectivity index (χ1v) is 5.82. The van der Waals surface area contributed by atoms with Gasteiger partial charge < -0.3 is 10.2 Å². The van der Waals surface area contributed by atoms with Crippen LogP contribution in [-0.2, 0) is 0 Å². The zero-order chi connectivity index (χ0) is 13.7. The fourth-order valence-corrected chi connectivity index (χ4v) is 1.61. The lowest BCUT2D eigenvalue weighted by Gasteiger charge is -2.01. The molecule has 0 fully saturated rings. The molecule has 4 nitrogen and oxygen atoms in total. The molecule has 2 rings (SSSR count). The minimum absolute atomic E-state index is 0.154. The van der Waals surface area contributed by atoms with Gasteiger partial charge in [-0.25, -0.2) is 0 Å². The number of para-hydroxylation sites is 2. The summed E-state index contributed by atoms with van der Waals surface area (Å²) >= 11 is 0. The van der Waals surface area contributed by atoms with Gasteiger partial charge in [-0.15, -0.1) is 0 Å². The highest BCUT2D eigenvalue weighted by molar-refractivity contribution is 6.01. The van der Waals surface area contributed by atoms with E-state index in [2.05, 4.69) is 10.2 Å². The Kier molecular flexibility index (Phi) is 3.93. The number of benzene rings is 2. The number of phenols is 2. The maximum absolute atomic E-state index is 9.67. The SMILES string of the molecule is CC(=NN=Cc1ccccc1O)c1ccccc1O. The Morgan fingerprint density at radius 3 is 2.26 bits per heavy atom. The summed E-state index contributed by atoms with van der Waals surface area (Å²) in [7, 11) is 0. The van der Waals surface area contributed by atoms with Gasteiger partial charge in [0.15, 0.2) is 0 Å². The Labute approximate surface area is 111 Å². The number of rotatable bonds is 3. The summed E-state index contributed by atoms with van der Waals surface area (Å²) in [6, 6.07) is 13.8. The van der Waals surface area contributed by atoms with Crippen molar-refractivity contribution in [2.75, 3.05) is 0 Å². The van der Waals surface area contributed by atoms with Gasteiger partial charge in [0.05, 0.1) is 11.9 Å². The van der Waals surface area contributed by atoms with Gasteiger partial charge in [0.1, 0.15) is 11.5 Å². The van der Waals surface area contributed by atoms with Crippen LogP contribution < -0.4 is 0 Å². The van der Waals surface area contributed by atoms with Gasteiger partial charge in [0.2, 0.25) is 0 Å². The summed E-state index contributed by atoms with van der Waals surface area (Å²) in [5.41, 5.74) is 1.83. The third-order valence-corrected chi connectivity index (χ3v) is 2.64. The molecule has 0 saturated heterocycles. The molecule has 2 aromatic rings. The topological polar surface area (TPSA) is 65.2 Å². The van der Waals surface area contributed by atoms with E-state index in [9.17, 15) is 10.2 Å². The zero-order valence-electron chi connectivity index (χ0n) is 10.5. The number of hydrogen-bond acceptors (Lipinski definition) is 4. The number of hydrogen-bond donors (Lipinski definition) is 2. The van der Waals surface area contributed by atoms with Gasteiger partial charge in [-0.1, -0.05) is 24.3 Å². The van der Waals surface area contributed by atoms with Crippen LogP contribution in [0.15, 0.2) is 58.7 Å². The Morgan fingerprint density at radius 1 is 0.947 bits per heavy atom. The van der Waals surface area contributed by atoms with E-state index < -0.39 is 0 Å². The third-order valence-electron chi connectivity index (χ3n) is 2.64. The second-order valence-electron chi connectivity index (χ2n) is 4.01.